The van der Waals surface area contributed by atoms with Crippen LogP contribution in [-0.2, 0) is 4.74 Å². The van der Waals surface area contributed by atoms with E-state index in [0.29, 0.717) is 12.2 Å². The third kappa shape index (κ3) is 4.80. The largest absolute Gasteiger partial charge is 0.389 e. The summed E-state index contributed by atoms with van der Waals surface area (Å²) in [6.07, 6.45) is 3.12. The molecule has 2 atom stereocenters. The van der Waals surface area contributed by atoms with E-state index in [0.717, 1.165) is 29.7 Å². The first kappa shape index (κ1) is 22.1. The van der Waals surface area contributed by atoms with Gasteiger partial charge in [-0.15, -0.1) is 0 Å². The van der Waals surface area contributed by atoms with Gasteiger partial charge in [0, 0.05) is 48.6 Å². The van der Waals surface area contributed by atoms with Gasteiger partial charge in [-0.05, 0) is 41.5 Å². The van der Waals surface area contributed by atoms with Gasteiger partial charge in [0.25, 0.3) is 0 Å². The van der Waals surface area contributed by atoms with Gasteiger partial charge in [-0.3, -0.25) is 9.88 Å². The minimum absolute atomic E-state index is 0.0917. The molecule has 0 amide bonds. The highest BCUT2D eigenvalue weighted by Gasteiger charge is 2.34. The molecule has 1 aliphatic rings. The molecule has 7 heteroatoms. The number of ether oxygens (including phenoxy) is 1. The lowest BCUT2D eigenvalue weighted by atomic mass is 9.94. The van der Waals surface area contributed by atoms with Crippen molar-refractivity contribution in [2.75, 3.05) is 31.6 Å². The average Bonchev–Trinajstić information content (AvgIpc) is 3.29. The number of nitrogens with zero attached hydrogens (tertiary/aromatic N) is 3. The molecule has 2 aromatic heterocycles. The van der Waals surface area contributed by atoms with E-state index in [1.807, 2.05) is 42.7 Å². The Labute approximate surface area is 198 Å². The molecule has 5 rings (SSSR count). The standard InChI is InChI=1S/C27H27N5O2/c28-14-21-13-24-25(7-4-8-26(24)31-21)30-15-22(33)18-34-23-16-32(17-23)27(19-5-2-1-3-6-19)20-9-11-29-12-10-20/h1-13,22-23,27,30-31,33H,15-18H2/t22-,27+/m1/s1. The normalized spacial score (nSPS) is 16.0. The van der Waals surface area contributed by atoms with Crippen molar-refractivity contribution in [3.63, 3.8) is 0 Å². The quantitative estimate of drug-likeness (QED) is 0.358. The van der Waals surface area contributed by atoms with Gasteiger partial charge in [-0.1, -0.05) is 36.4 Å². The third-order valence-corrected chi connectivity index (χ3v) is 6.22. The van der Waals surface area contributed by atoms with E-state index in [2.05, 4.69) is 62.7 Å². The summed E-state index contributed by atoms with van der Waals surface area (Å²) >= 11 is 0. The molecule has 3 heterocycles. The van der Waals surface area contributed by atoms with Crippen LogP contribution in [0.25, 0.3) is 10.9 Å². The van der Waals surface area contributed by atoms with Crippen LogP contribution in [0.2, 0.25) is 0 Å². The molecule has 34 heavy (non-hydrogen) atoms. The van der Waals surface area contributed by atoms with E-state index in [1.54, 1.807) is 0 Å². The molecule has 1 fully saturated rings. The predicted octanol–water partition coefficient (Wildman–Crippen LogP) is 3.70. The fourth-order valence-electron chi connectivity index (χ4n) is 4.48. The van der Waals surface area contributed by atoms with Crippen LogP contribution < -0.4 is 5.32 Å². The summed E-state index contributed by atoms with van der Waals surface area (Å²) in [5.41, 5.74) is 4.75. The smallest absolute Gasteiger partial charge is 0.118 e. The van der Waals surface area contributed by atoms with Crippen molar-refractivity contribution in [2.24, 2.45) is 0 Å². The Morgan fingerprint density at radius 3 is 2.62 bits per heavy atom. The lowest BCUT2D eigenvalue weighted by Gasteiger charge is -2.44. The lowest BCUT2D eigenvalue weighted by molar-refractivity contribution is -0.0875. The van der Waals surface area contributed by atoms with Gasteiger partial charge in [0.05, 0.1) is 24.9 Å². The Morgan fingerprint density at radius 2 is 1.85 bits per heavy atom. The minimum atomic E-state index is -0.635. The Balaban J connectivity index is 1.13. The number of anilines is 1. The molecule has 2 aromatic carbocycles. The molecule has 3 N–H and O–H groups in total. The van der Waals surface area contributed by atoms with Gasteiger partial charge in [0.15, 0.2) is 0 Å². The van der Waals surface area contributed by atoms with E-state index in [4.69, 9.17) is 10.00 Å². The summed E-state index contributed by atoms with van der Waals surface area (Å²) in [5.74, 6) is 0. The van der Waals surface area contributed by atoms with Crippen LogP contribution in [0.1, 0.15) is 22.9 Å². The number of benzene rings is 2. The van der Waals surface area contributed by atoms with Crippen molar-refractivity contribution in [1.82, 2.24) is 14.9 Å². The number of aromatic nitrogens is 2. The number of fused-ring (bicyclic) bond motifs is 1. The van der Waals surface area contributed by atoms with Crippen LogP contribution in [0.3, 0.4) is 0 Å². The highest BCUT2D eigenvalue weighted by Crippen LogP contribution is 2.32. The molecule has 0 bridgehead atoms. The molecule has 1 saturated heterocycles. The van der Waals surface area contributed by atoms with Gasteiger partial charge >= 0.3 is 0 Å². The van der Waals surface area contributed by atoms with Gasteiger partial charge < -0.3 is 20.1 Å². The second-order valence-electron chi connectivity index (χ2n) is 8.60. The van der Waals surface area contributed by atoms with Gasteiger partial charge in [0.1, 0.15) is 11.8 Å². The molecular formula is C27H27N5O2. The number of nitriles is 1. The Morgan fingerprint density at radius 1 is 1.09 bits per heavy atom. The molecule has 7 nitrogen and oxygen atoms in total. The molecule has 0 aliphatic carbocycles. The van der Waals surface area contributed by atoms with Gasteiger partial charge in [0.2, 0.25) is 0 Å². The van der Waals surface area contributed by atoms with Crippen LogP contribution in [0.5, 0.6) is 0 Å². The summed E-state index contributed by atoms with van der Waals surface area (Å²) in [4.78, 5) is 9.61. The van der Waals surface area contributed by atoms with E-state index in [9.17, 15) is 5.11 Å². The second kappa shape index (κ2) is 10.1. The maximum Gasteiger partial charge on any atom is 0.118 e. The maximum absolute atomic E-state index is 10.5. The number of aliphatic hydroxyl groups is 1. The SMILES string of the molecule is N#Cc1cc2c(NC[C@@H](O)COC3CN([C@@H](c4ccccc4)c4ccncc4)C3)cccc2[nH]1. The second-order valence-corrected chi connectivity index (χ2v) is 8.60. The number of aliphatic hydroxyl groups excluding tert-OH is 1. The Hall–Kier alpha value is -3.70. The number of hydrogen-bond acceptors (Lipinski definition) is 6. The van der Waals surface area contributed by atoms with E-state index < -0.39 is 6.10 Å². The number of pyridine rings is 1. The van der Waals surface area contributed by atoms with Crippen molar-refractivity contribution in [3.05, 3.63) is 95.9 Å². The van der Waals surface area contributed by atoms with Crippen molar-refractivity contribution in [3.8, 4) is 6.07 Å². The van der Waals surface area contributed by atoms with Gasteiger partial charge in [-0.25, -0.2) is 0 Å². The first-order chi connectivity index (χ1) is 16.7. The number of aromatic amines is 1. The summed E-state index contributed by atoms with van der Waals surface area (Å²) < 4.78 is 6.00. The Bertz CT molecular complexity index is 1220. The first-order valence-electron chi connectivity index (χ1n) is 11.5. The fraction of sp³-hybridized carbons (Fsp3) is 0.259. The lowest BCUT2D eigenvalue weighted by Crippen LogP contribution is -2.54. The summed E-state index contributed by atoms with van der Waals surface area (Å²) in [6.45, 7) is 2.25. The van der Waals surface area contributed by atoms with Crippen LogP contribution in [0.15, 0.2) is 79.1 Å². The predicted molar refractivity (Wildman–Crippen MR) is 131 cm³/mol. The number of hydrogen-bond donors (Lipinski definition) is 3. The topological polar surface area (TPSA) is 97.2 Å². The molecule has 0 unspecified atom stereocenters. The van der Waals surface area contributed by atoms with Crippen LogP contribution >= 0.6 is 0 Å². The average molecular weight is 454 g/mol. The zero-order valence-electron chi connectivity index (χ0n) is 18.8. The molecule has 0 spiro atoms. The summed E-state index contributed by atoms with van der Waals surface area (Å²) in [7, 11) is 0. The zero-order valence-corrected chi connectivity index (χ0v) is 18.8. The summed E-state index contributed by atoms with van der Waals surface area (Å²) in [6, 6.07) is 24.5. The number of H-pyrrole nitrogens is 1. The monoisotopic (exact) mass is 453 g/mol. The van der Waals surface area contributed by atoms with E-state index >= 15 is 0 Å². The maximum atomic E-state index is 10.5. The van der Waals surface area contributed by atoms with Gasteiger partial charge in [-0.2, -0.15) is 5.26 Å². The molecule has 4 aromatic rings. The zero-order chi connectivity index (χ0) is 23.3. The first-order valence-corrected chi connectivity index (χ1v) is 11.5. The van der Waals surface area contributed by atoms with Crippen molar-refractivity contribution < 1.29 is 9.84 Å². The molecule has 172 valence electrons. The Kier molecular flexibility index (Phi) is 6.54. The number of rotatable bonds is 9. The summed E-state index contributed by atoms with van der Waals surface area (Å²) in [5, 5.41) is 23.8. The van der Waals surface area contributed by atoms with Crippen molar-refractivity contribution >= 4 is 16.6 Å². The van der Waals surface area contributed by atoms with Crippen LogP contribution in [0, 0.1) is 11.3 Å². The van der Waals surface area contributed by atoms with Crippen molar-refractivity contribution in [2.45, 2.75) is 18.2 Å². The molecule has 0 radical (unpaired) electrons. The highest BCUT2D eigenvalue weighted by atomic mass is 16.5. The van der Waals surface area contributed by atoms with Crippen LogP contribution in [0.4, 0.5) is 5.69 Å². The number of likely N-dealkylation sites (tertiary alicyclic amines) is 1. The minimum Gasteiger partial charge on any atom is -0.389 e. The molecule has 0 saturated carbocycles. The van der Waals surface area contributed by atoms with E-state index in [1.165, 1.54) is 11.1 Å². The number of nitrogens with one attached hydrogen (secondary N) is 2. The highest BCUT2D eigenvalue weighted by molar-refractivity contribution is 5.93. The van der Waals surface area contributed by atoms with Crippen molar-refractivity contribution in [1.29, 1.82) is 5.26 Å². The third-order valence-electron chi connectivity index (χ3n) is 6.22. The molecule has 1 aliphatic heterocycles. The van der Waals surface area contributed by atoms with Crippen LogP contribution in [-0.4, -0.2) is 58.4 Å². The fourth-order valence-corrected chi connectivity index (χ4v) is 4.48. The van der Waals surface area contributed by atoms with E-state index in [-0.39, 0.29) is 18.8 Å². The molecular weight excluding hydrogens is 426 g/mol.